The van der Waals surface area contributed by atoms with E-state index in [1.54, 1.807) is 0 Å². The number of hydrogen-bond acceptors (Lipinski definition) is 3. The van der Waals surface area contributed by atoms with Crippen molar-refractivity contribution in [1.29, 1.82) is 0 Å². The van der Waals surface area contributed by atoms with E-state index in [1.807, 2.05) is 0 Å². The van der Waals surface area contributed by atoms with E-state index in [0.29, 0.717) is 5.92 Å². The molecule has 2 unspecified atom stereocenters. The Morgan fingerprint density at radius 3 is 2.71 bits per heavy atom. The summed E-state index contributed by atoms with van der Waals surface area (Å²) in [6, 6.07) is 6.65. The Balaban J connectivity index is 0.00000280. The van der Waals surface area contributed by atoms with Crippen molar-refractivity contribution in [2.75, 3.05) is 52.4 Å². The molecule has 2 aliphatic rings. The molecule has 1 aromatic rings. The lowest BCUT2D eigenvalue weighted by Crippen LogP contribution is -2.48. The molecule has 2 atom stereocenters. The highest BCUT2D eigenvalue weighted by Crippen LogP contribution is 2.26. The summed E-state index contributed by atoms with van der Waals surface area (Å²) in [6.45, 7) is 16.6. The second-order valence-electron chi connectivity index (χ2n) is 7.91. The second-order valence-corrected chi connectivity index (χ2v) is 7.91. The van der Waals surface area contributed by atoms with Crippen LogP contribution in [0.1, 0.15) is 43.1 Å². The lowest BCUT2D eigenvalue weighted by Gasteiger charge is -2.36. The summed E-state index contributed by atoms with van der Waals surface area (Å²) < 4.78 is 6.12. The van der Waals surface area contributed by atoms with Crippen molar-refractivity contribution in [3.8, 4) is 0 Å². The maximum Gasteiger partial charge on any atom is 0.194 e. The van der Waals surface area contributed by atoms with Crippen LogP contribution in [-0.4, -0.2) is 68.2 Å². The first-order chi connectivity index (χ1) is 13.1. The second kappa shape index (κ2) is 11.4. The lowest BCUT2D eigenvalue weighted by atomic mass is 10.00. The van der Waals surface area contributed by atoms with Gasteiger partial charge in [0.15, 0.2) is 5.96 Å². The first-order valence-corrected chi connectivity index (χ1v) is 10.5. The number of nitrogens with one attached hydrogen (secondary N) is 1. The van der Waals surface area contributed by atoms with Gasteiger partial charge >= 0.3 is 0 Å². The van der Waals surface area contributed by atoms with Gasteiger partial charge in [-0.15, -0.1) is 24.0 Å². The van der Waals surface area contributed by atoms with Crippen LogP contribution in [0.25, 0.3) is 0 Å². The average Bonchev–Trinajstić information content (AvgIpc) is 3.13. The predicted octanol–water partition coefficient (Wildman–Crippen LogP) is 3.60. The molecule has 0 bridgehead atoms. The number of hydrogen-bond donors (Lipinski definition) is 1. The van der Waals surface area contributed by atoms with Crippen LogP contribution in [-0.2, 0) is 4.74 Å². The lowest BCUT2D eigenvalue weighted by molar-refractivity contribution is -0.00835. The molecule has 0 radical (unpaired) electrons. The van der Waals surface area contributed by atoms with E-state index in [2.05, 4.69) is 61.0 Å². The third-order valence-corrected chi connectivity index (χ3v) is 5.79. The van der Waals surface area contributed by atoms with Gasteiger partial charge < -0.3 is 19.9 Å². The van der Waals surface area contributed by atoms with Crippen molar-refractivity contribution in [1.82, 2.24) is 15.1 Å². The third-order valence-electron chi connectivity index (χ3n) is 5.79. The molecular weight excluding hydrogens is 463 g/mol. The van der Waals surface area contributed by atoms with Crippen molar-refractivity contribution >= 4 is 29.9 Å². The third kappa shape index (κ3) is 6.07. The molecule has 2 saturated heterocycles. The van der Waals surface area contributed by atoms with Crippen molar-refractivity contribution in [2.24, 2.45) is 10.9 Å². The summed E-state index contributed by atoms with van der Waals surface area (Å²) in [5, 5.41) is 3.50. The monoisotopic (exact) mass is 500 g/mol. The standard InChI is InChI=1S/C22H36N4O.HI/c1-5-23-22(24-14-19-9-10-25(6-2)15-19)26-11-12-27-21(16-26)20-8-7-17(3)13-18(20)4;/h7-8,13,19,21H,5-6,9-12,14-16H2,1-4H3,(H,23,24);1H. The van der Waals surface area contributed by atoms with Gasteiger partial charge in [-0.25, -0.2) is 0 Å². The number of rotatable bonds is 5. The molecule has 2 fully saturated rings. The Hall–Kier alpha value is -0.860. The predicted molar refractivity (Wildman–Crippen MR) is 128 cm³/mol. The number of likely N-dealkylation sites (tertiary alicyclic amines) is 1. The topological polar surface area (TPSA) is 40.1 Å². The van der Waals surface area contributed by atoms with E-state index < -0.39 is 0 Å². The van der Waals surface area contributed by atoms with Gasteiger partial charge in [-0.2, -0.15) is 0 Å². The minimum Gasteiger partial charge on any atom is -0.370 e. The van der Waals surface area contributed by atoms with Crippen molar-refractivity contribution < 1.29 is 4.74 Å². The number of halogens is 1. The van der Waals surface area contributed by atoms with Crippen molar-refractivity contribution in [3.63, 3.8) is 0 Å². The van der Waals surface area contributed by atoms with Crippen LogP contribution in [0.2, 0.25) is 0 Å². The number of guanidine groups is 1. The zero-order chi connectivity index (χ0) is 19.2. The van der Waals surface area contributed by atoms with Crippen LogP contribution < -0.4 is 5.32 Å². The molecule has 3 rings (SSSR count). The average molecular weight is 500 g/mol. The molecule has 1 N–H and O–H groups in total. The summed E-state index contributed by atoms with van der Waals surface area (Å²) in [4.78, 5) is 9.91. The summed E-state index contributed by atoms with van der Waals surface area (Å²) in [5.74, 6) is 1.74. The van der Waals surface area contributed by atoms with E-state index in [4.69, 9.17) is 9.73 Å². The van der Waals surface area contributed by atoms with Gasteiger partial charge in [0.05, 0.1) is 13.2 Å². The van der Waals surface area contributed by atoms with E-state index >= 15 is 0 Å². The van der Waals surface area contributed by atoms with Crippen molar-refractivity contribution in [2.45, 2.75) is 40.2 Å². The number of aliphatic imine (C=N–C) groups is 1. The summed E-state index contributed by atoms with van der Waals surface area (Å²) >= 11 is 0. The van der Waals surface area contributed by atoms with E-state index in [1.165, 1.54) is 36.2 Å². The zero-order valence-corrected chi connectivity index (χ0v) is 20.2. The number of morpholine rings is 1. The highest BCUT2D eigenvalue weighted by molar-refractivity contribution is 14.0. The van der Waals surface area contributed by atoms with Crippen LogP contribution in [0.15, 0.2) is 23.2 Å². The largest absolute Gasteiger partial charge is 0.370 e. The minimum atomic E-state index is 0. The zero-order valence-electron chi connectivity index (χ0n) is 17.9. The molecule has 28 heavy (non-hydrogen) atoms. The van der Waals surface area contributed by atoms with Crippen LogP contribution in [0.4, 0.5) is 0 Å². The smallest absolute Gasteiger partial charge is 0.194 e. The fourth-order valence-corrected chi connectivity index (χ4v) is 4.21. The van der Waals surface area contributed by atoms with Gasteiger partial charge in [-0.3, -0.25) is 4.99 Å². The number of aryl methyl sites for hydroxylation is 2. The van der Waals surface area contributed by atoms with Gasteiger partial charge in [-0.05, 0) is 57.3 Å². The Labute approximate surface area is 187 Å². The highest BCUT2D eigenvalue weighted by atomic mass is 127. The maximum atomic E-state index is 6.12. The molecule has 6 heteroatoms. The maximum absolute atomic E-state index is 6.12. The van der Waals surface area contributed by atoms with Crippen molar-refractivity contribution in [3.05, 3.63) is 34.9 Å². The Bertz CT molecular complexity index is 651. The van der Waals surface area contributed by atoms with E-state index in [9.17, 15) is 0 Å². The Morgan fingerprint density at radius 2 is 2.04 bits per heavy atom. The van der Waals surface area contributed by atoms with E-state index in [0.717, 1.165) is 45.3 Å². The van der Waals surface area contributed by atoms with Crippen LogP contribution >= 0.6 is 24.0 Å². The first-order valence-electron chi connectivity index (χ1n) is 10.5. The molecule has 0 amide bonds. The summed E-state index contributed by atoms with van der Waals surface area (Å²) in [7, 11) is 0. The molecular formula is C22H37IN4O. The van der Waals surface area contributed by atoms with Gasteiger partial charge in [0.25, 0.3) is 0 Å². The normalized spacial score (nSPS) is 23.6. The summed E-state index contributed by atoms with van der Waals surface area (Å²) in [6.07, 6.45) is 1.38. The molecule has 0 aromatic heterocycles. The number of nitrogens with zero attached hydrogens (tertiary/aromatic N) is 3. The molecule has 0 saturated carbocycles. The minimum absolute atomic E-state index is 0. The Kier molecular flexibility index (Phi) is 9.50. The SMILES string of the molecule is CCNC(=NCC1CCN(CC)C1)N1CCOC(c2ccc(C)cc2C)C1.I. The molecule has 2 aliphatic heterocycles. The molecule has 158 valence electrons. The van der Waals surface area contributed by atoms with Crippen LogP contribution in [0, 0.1) is 19.8 Å². The molecule has 1 aromatic carbocycles. The fraction of sp³-hybridized carbons (Fsp3) is 0.682. The van der Waals surface area contributed by atoms with E-state index in [-0.39, 0.29) is 30.1 Å². The van der Waals surface area contributed by atoms with Gasteiger partial charge in [-0.1, -0.05) is 30.7 Å². The van der Waals surface area contributed by atoms with Crippen LogP contribution in [0.5, 0.6) is 0 Å². The number of ether oxygens (including phenoxy) is 1. The molecule has 5 nitrogen and oxygen atoms in total. The van der Waals surface area contributed by atoms with Crippen LogP contribution in [0.3, 0.4) is 0 Å². The fourth-order valence-electron chi connectivity index (χ4n) is 4.21. The summed E-state index contributed by atoms with van der Waals surface area (Å²) in [5.41, 5.74) is 3.92. The highest BCUT2D eigenvalue weighted by Gasteiger charge is 2.26. The number of benzene rings is 1. The molecule has 0 aliphatic carbocycles. The molecule has 2 heterocycles. The molecule has 0 spiro atoms. The van der Waals surface area contributed by atoms with Gasteiger partial charge in [0.2, 0.25) is 0 Å². The first kappa shape index (κ1) is 23.4. The quantitative estimate of drug-likeness (QED) is 0.381. The van der Waals surface area contributed by atoms with Gasteiger partial charge in [0, 0.05) is 26.2 Å². The Morgan fingerprint density at radius 1 is 1.21 bits per heavy atom. The van der Waals surface area contributed by atoms with Gasteiger partial charge in [0.1, 0.15) is 6.10 Å².